The van der Waals surface area contributed by atoms with Crippen LogP contribution >= 0.6 is 0 Å². The maximum absolute atomic E-state index is 4.89. The van der Waals surface area contributed by atoms with Crippen LogP contribution in [0.1, 0.15) is 108 Å². The minimum Gasteiger partial charge on any atom is -0.213 e. The van der Waals surface area contributed by atoms with Crippen molar-refractivity contribution >= 4 is 0 Å². The van der Waals surface area contributed by atoms with Crippen LogP contribution in [-0.2, 0) is 12.8 Å². The number of hydrogen-bond donors (Lipinski definition) is 0. The summed E-state index contributed by atoms with van der Waals surface area (Å²) < 4.78 is 0. The Morgan fingerprint density at radius 3 is 1.40 bits per heavy atom. The summed E-state index contributed by atoms with van der Waals surface area (Å²) in [6.07, 6.45) is 18.1. The standard InChI is InChI=1S/C32H45N3/c1-4-6-8-10-12-14-18-27-20-16-22-29(24-27)31-33-26(3)34-32(35-31)30-23-17-21-28(25-30)19-15-13-11-9-7-5-2/h16-17,20-25H,4-15,18-19H2,1-3H3. The largest absolute Gasteiger partial charge is 0.213 e. The number of unbranched alkanes of at least 4 members (excludes halogenated alkanes) is 10. The topological polar surface area (TPSA) is 38.7 Å². The Balaban J connectivity index is 1.65. The van der Waals surface area contributed by atoms with Gasteiger partial charge in [0.1, 0.15) is 5.82 Å². The Morgan fingerprint density at radius 1 is 0.514 bits per heavy atom. The first-order valence-electron chi connectivity index (χ1n) is 14.1. The highest BCUT2D eigenvalue weighted by atomic mass is 15.0. The number of aromatic nitrogens is 3. The second kappa shape index (κ2) is 15.4. The SMILES string of the molecule is CCCCCCCCc1cccc(-c2nc(C)nc(-c3cccc(CCCCCCCC)c3)n2)c1. The van der Waals surface area contributed by atoms with Gasteiger partial charge in [0.05, 0.1) is 0 Å². The molecule has 0 aliphatic rings. The zero-order valence-corrected chi connectivity index (χ0v) is 22.4. The van der Waals surface area contributed by atoms with Gasteiger partial charge in [-0.2, -0.15) is 0 Å². The van der Waals surface area contributed by atoms with Crippen LogP contribution in [0.2, 0.25) is 0 Å². The molecule has 1 heterocycles. The molecule has 0 saturated heterocycles. The van der Waals surface area contributed by atoms with Crippen molar-refractivity contribution in [3.8, 4) is 22.8 Å². The second-order valence-corrected chi connectivity index (χ2v) is 9.97. The smallest absolute Gasteiger partial charge is 0.163 e. The zero-order chi connectivity index (χ0) is 24.7. The summed E-state index contributed by atoms with van der Waals surface area (Å²) in [6.45, 7) is 6.51. The van der Waals surface area contributed by atoms with Gasteiger partial charge in [0.2, 0.25) is 0 Å². The Kier molecular flexibility index (Phi) is 11.9. The molecule has 0 aliphatic heterocycles. The normalized spacial score (nSPS) is 11.2. The average Bonchev–Trinajstić information content (AvgIpc) is 2.88. The molecule has 0 aliphatic carbocycles. The van der Waals surface area contributed by atoms with Crippen LogP contribution < -0.4 is 0 Å². The van der Waals surface area contributed by atoms with Crippen molar-refractivity contribution in [3.05, 3.63) is 65.5 Å². The van der Waals surface area contributed by atoms with Crippen molar-refractivity contribution in [1.29, 1.82) is 0 Å². The first kappa shape index (κ1) is 27.0. The minimum atomic E-state index is 0.771. The van der Waals surface area contributed by atoms with Gasteiger partial charge in [-0.15, -0.1) is 0 Å². The van der Waals surface area contributed by atoms with Gasteiger partial charge in [-0.05, 0) is 55.9 Å². The summed E-state index contributed by atoms with van der Waals surface area (Å²) in [7, 11) is 0. The summed E-state index contributed by atoms with van der Waals surface area (Å²) in [6, 6.07) is 17.5. The quantitative estimate of drug-likeness (QED) is 0.195. The van der Waals surface area contributed by atoms with E-state index in [2.05, 4.69) is 72.3 Å². The van der Waals surface area contributed by atoms with E-state index in [1.54, 1.807) is 0 Å². The van der Waals surface area contributed by atoms with Gasteiger partial charge in [0, 0.05) is 11.1 Å². The van der Waals surface area contributed by atoms with E-state index in [4.69, 9.17) is 4.98 Å². The van der Waals surface area contributed by atoms with Gasteiger partial charge >= 0.3 is 0 Å². The molecule has 188 valence electrons. The lowest BCUT2D eigenvalue weighted by molar-refractivity contribution is 0.607. The summed E-state index contributed by atoms with van der Waals surface area (Å²) in [5.41, 5.74) is 4.92. The molecule has 0 fully saturated rings. The number of aryl methyl sites for hydroxylation is 3. The highest BCUT2D eigenvalue weighted by molar-refractivity contribution is 5.62. The van der Waals surface area contributed by atoms with Gasteiger partial charge in [0.25, 0.3) is 0 Å². The fourth-order valence-electron chi connectivity index (χ4n) is 4.69. The maximum atomic E-state index is 4.89. The molecule has 2 aromatic carbocycles. The van der Waals surface area contributed by atoms with Crippen LogP contribution in [0.4, 0.5) is 0 Å². The molecule has 3 nitrogen and oxygen atoms in total. The fraction of sp³-hybridized carbons (Fsp3) is 0.531. The molecule has 3 rings (SSSR count). The second-order valence-electron chi connectivity index (χ2n) is 9.97. The van der Waals surface area contributed by atoms with E-state index in [1.165, 1.54) is 88.2 Å². The first-order chi connectivity index (χ1) is 17.2. The van der Waals surface area contributed by atoms with Crippen LogP contribution in [0.5, 0.6) is 0 Å². The van der Waals surface area contributed by atoms with Gasteiger partial charge in [-0.1, -0.05) is 114 Å². The van der Waals surface area contributed by atoms with Crippen molar-refractivity contribution in [2.45, 2.75) is 111 Å². The molecule has 0 amide bonds. The van der Waals surface area contributed by atoms with E-state index in [0.29, 0.717) is 0 Å². The fourth-order valence-corrected chi connectivity index (χ4v) is 4.69. The number of hydrogen-bond acceptors (Lipinski definition) is 3. The first-order valence-corrected chi connectivity index (χ1v) is 14.1. The van der Waals surface area contributed by atoms with E-state index < -0.39 is 0 Å². The Morgan fingerprint density at radius 2 is 0.943 bits per heavy atom. The predicted octanol–water partition coefficient (Wildman–Crippen LogP) is 9.32. The van der Waals surface area contributed by atoms with Crippen molar-refractivity contribution in [1.82, 2.24) is 15.0 Å². The molecule has 35 heavy (non-hydrogen) atoms. The van der Waals surface area contributed by atoms with Gasteiger partial charge in [0.15, 0.2) is 11.6 Å². The minimum absolute atomic E-state index is 0.771. The van der Waals surface area contributed by atoms with Crippen LogP contribution in [0.3, 0.4) is 0 Å². The molecular weight excluding hydrogens is 426 g/mol. The van der Waals surface area contributed by atoms with Crippen LogP contribution in [0, 0.1) is 6.92 Å². The monoisotopic (exact) mass is 471 g/mol. The molecule has 0 radical (unpaired) electrons. The lowest BCUT2D eigenvalue weighted by Crippen LogP contribution is -2.00. The van der Waals surface area contributed by atoms with Crippen molar-refractivity contribution in [2.24, 2.45) is 0 Å². The summed E-state index contributed by atoms with van der Waals surface area (Å²) in [4.78, 5) is 14.3. The third-order valence-electron chi connectivity index (χ3n) is 6.76. The summed E-state index contributed by atoms with van der Waals surface area (Å²) in [5, 5.41) is 0. The van der Waals surface area contributed by atoms with Crippen LogP contribution in [0.25, 0.3) is 22.8 Å². The number of rotatable bonds is 16. The van der Waals surface area contributed by atoms with Crippen molar-refractivity contribution in [2.75, 3.05) is 0 Å². The van der Waals surface area contributed by atoms with Gasteiger partial charge < -0.3 is 0 Å². The van der Waals surface area contributed by atoms with Crippen molar-refractivity contribution in [3.63, 3.8) is 0 Å². The zero-order valence-electron chi connectivity index (χ0n) is 22.4. The molecule has 0 atom stereocenters. The molecule has 0 N–H and O–H groups in total. The van der Waals surface area contributed by atoms with E-state index in [-0.39, 0.29) is 0 Å². The van der Waals surface area contributed by atoms with E-state index >= 15 is 0 Å². The Labute approximate surface area is 213 Å². The van der Waals surface area contributed by atoms with E-state index in [9.17, 15) is 0 Å². The van der Waals surface area contributed by atoms with Crippen LogP contribution in [-0.4, -0.2) is 15.0 Å². The summed E-state index contributed by atoms with van der Waals surface area (Å²) >= 11 is 0. The molecule has 3 aromatic rings. The molecule has 1 aromatic heterocycles. The highest BCUT2D eigenvalue weighted by Gasteiger charge is 2.10. The van der Waals surface area contributed by atoms with Gasteiger partial charge in [-0.25, -0.2) is 15.0 Å². The Hall–Kier alpha value is -2.55. The molecule has 0 bridgehead atoms. The third-order valence-corrected chi connectivity index (χ3v) is 6.76. The highest BCUT2D eigenvalue weighted by Crippen LogP contribution is 2.23. The predicted molar refractivity (Wildman–Crippen MR) is 150 cm³/mol. The number of nitrogens with zero attached hydrogens (tertiary/aromatic N) is 3. The lowest BCUT2D eigenvalue weighted by Gasteiger charge is -2.09. The third kappa shape index (κ3) is 9.55. The average molecular weight is 472 g/mol. The van der Waals surface area contributed by atoms with Gasteiger partial charge in [-0.3, -0.25) is 0 Å². The molecule has 0 spiro atoms. The maximum Gasteiger partial charge on any atom is 0.163 e. The number of benzene rings is 2. The van der Waals surface area contributed by atoms with Crippen molar-refractivity contribution < 1.29 is 0 Å². The Bertz CT molecular complexity index is 933. The molecular formula is C32H45N3. The van der Waals surface area contributed by atoms with Crippen LogP contribution in [0.15, 0.2) is 48.5 Å². The molecule has 0 saturated carbocycles. The molecule has 3 heteroatoms. The lowest BCUT2D eigenvalue weighted by atomic mass is 10.0. The van der Waals surface area contributed by atoms with E-state index in [1.807, 2.05) is 6.92 Å². The summed E-state index contributed by atoms with van der Waals surface area (Å²) in [5.74, 6) is 2.32. The molecule has 0 unspecified atom stereocenters. The van der Waals surface area contributed by atoms with E-state index in [0.717, 1.165) is 41.4 Å².